The minimum Gasteiger partial charge on any atom is -0.369 e. The van der Waals surface area contributed by atoms with Crippen LogP contribution >= 0.6 is 12.4 Å². The lowest BCUT2D eigenvalue weighted by atomic mass is 10.1. The number of nitrogens with two attached hydrogens (primary N) is 2. The summed E-state index contributed by atoms with van der Waals surface area (Å²) >= 11 is 0. The Hall–Kier alpha value is -6.30. The Morgan fingerprint density at radius 2 is 1.32 bits per heavy atom. The van der Waals surface area contributed by atoms with E-state index < -0.39 is 0 Å². The number of nitrogen functional groups attached to an aromatic ring is 2. The second-order valence-electron chi connectivity index (χ2n) is 11.9. The number of aromatic nitrogens is 11. The third-order valence-electron chi connectivity index (χ3n) is 7.96. The maximum Gasteiger partial charge on any atom is 0.197 e. The number of hydrogen-bond acceptors (Lipinski definition) is 9. The minimum absolute atomic E-state index is 0. The van der Waals surface area contributed by atoms with E-state index in [1.165, 1.54) is 22.3 Å². The molecule has 7 rings (SSSR count). The van der Waals surface area contributed by atoms with Gasteiger partial charge in [0.2, 0.25) is 0 Å². The normalized spacial score (nSPS) is 10.0. The third kappa shape index (κ3) is 11.9. The first-order valence-corrected chi connectivity index (χ1v) is 15.9. The molecule has 0 radical (unpaired) electrons. The Labute approximate surface area is 315 Å². The van der Waals surface area contributed by atoms with Gasteiger partial charge < -0.3 is 31.4 Å². The lowest BCUT2D eigenvalue weighted by molar-refractivity contribution is 0.630. The highest BCUT2D eigenvalue weighted by Gasteiger charge is 2.09. The quantitative estimate of drug-likeness (QED) is 0.0383. The summed E-state index contributed by atoms with van der Waals surface area (Å²) in [5.41, 5.74) is 30.9. The number of nitrogens with one attached hydrogen (secondary N) is 4. The van der Waals surface area contributed by atoms with Crippen molar-refractivity contribution < 1.29 is 0 Å². The van der Waals surface area contributed by atoms with Crippen LogP contribution in [0, 0.1) is 40.0 Å². The summed E-state index contributed by atoms with van der Waals surface area (Å²) in [6, 6.07) is 8.32. The van der Waals surface area contributed by atoms with E-state index in [1.54, 1.807) is 17.1 Å². The number of terminal acetylenes is 1. The van der Waals surface area contributed by atoms with Crippen LogP contribution < -0.4 is 11.5 Å². The van der Waals surface area contributed by atoms with Crippen LogP contribution in [0.3, 0.4) is 0 Å². The first kappa shape index (κ1) is 42.9. The number of aryl methyl sites for hydroxylation is 7. The topological polar surface area (TPSA) is 246 Å². The summed E-state index contributed by atoms with van der Waals surface area (Å²) in [6.45, 7) is 9.14. The summed E-state index contributed by atoms with van der Waals surface area (Å²) in [4.78, 5) is 31.9. The lowest BCUT2D eigenvalue weighted by Crippen LogP contribution is -2.02. The van der Waals surface area contributed by atoms with Crippen molar-refractivity contribution in [2.24, 2.45) is 5.11 Å². The molecule has 0 atom stereocenters. The molecule has 0 aliphatic rings. The Morgan fingerprint density at radius 1 is 0.792 bits per heavy atom. The largest absolute Gasteiger partial charge is 0.369 e. The van der Waals surface area contributed by atoms with Gasteiger partial charge in [-0.1, -0.05) is 25.2 Å². The van der Waals surface area contributed by atoms with Crippen molar-refractivity contribution in [2.45, 2.75) is 81.3 Å². The second-order valence-corrected chi connectivity index (χ2v) is 11.9. The zero-order chi connectivity index (χ0) is 35.6. The highest BCUT2D eigenvalue weighted by molar-refractivity contribution is 5.85. The SMILES string of the molecule is C.C.C#CCCc1cnc(N)[nH]1.Cc1cc2nc(CN=[N+]=[N-])[nH]c2cc1C.Cc1cc2nc(Cn3cc(CCc4cnc(N)[nH]4)nn3)[nH]c2cc1C.Cl. The van der Waals surface area contributed by atoms with E-state index in [-0.39, 0.29) is 33.8 Å². The van der Waals surface area contributed by atoms with Crippen LogP contribution in [-0.4, -0.2) is 54.9 Å². The number of rotatable bonds is 9. The smallest absolute Gasteiger partial charge is 0.197 e. The van der Waals surface area contributed by atoms with E-state index in [4.69, 9.17) is 23.4 Å². The molecule has 0 fully saturated rings. The molecule has 53 heavy (non-hydrogen) atoms. The molecule has 280 valence electrons. The molecule has 8 N–H and O–H groups in total. The van der Waals surface area contributed by atoms with E-state index in [0.29, 0.717) is 24.3 Å². The zero-order valence-corrected chi connectivity index (χ0v) is 29.7. The fourth-order valence-corrected chi connectivity index (χ4v) is 5.05. The first-order valence-electron chi connectivity index (χ1n) is 15.9. The predicted octanol–water partition coefficient (Wildman–Crippen LogP) is 7.15. The maximum atomic E-state index is 8.21. The number of fused-ring (bicyclic) bond motifs is 2. The number of nitrogens with zero attached hydrogens (tertiary/aromatic N) is 10. The fraction of sp³-hybridized carbons (Fsp3) is 0.333. The van der Waals surface area contributed by atoms with Crippen LogP contribution in [-0.2, 0) is 32.4 Å². The van der Waals surface area contributed by atoms with Crippen LogP contribution in [0.5, 0.6) is 0 Å². The standard InChI is InChI=1S/C17H20N8.C10H11N5.C7H9N3.2CH4.ClH/c1-10-5-14-15(6-11(10)2)22-16(21-14)9-25-8-13(23-24-25)4-3-12-7-19-17(18)20-12;1-6-3-8-9(4-7(6)2)14-10(13-8)5-12-15-11;1-2-3-4-6-5-9-7(8)10-6;;;/h5-8H,3-4,9H2,1-2H3,(H,21,22)(H3,18,19,20);3-4H,5H2,1-2H3,(H,13,14);1,5H,3-4H2,(H3,8,9,10);2*1H4;1H. The Bertz CT molecular complexity index is 2210. The summed E-state index contributed by atoms with van der Waals surface area (Å²) in [7, 11) is 0. The van der Waals surface area contributed by atoms with Crippen molar-refractivity contribution in [1.29, 1.82) is 0 Å². The Kier molecular flexibility index (Phi) is 16.1. The van der Waals surface area contributed by atoms with Gasteiger partial charge in [0.15, 0.2) is 11.9 Å². The van der Waals surface area contributed by atoms with Crippen molar-refractivity contribution in [3.8, 4) is 12.3 Å². The summed E-state index contributed by atoms with van der Waals surface area (Å²) < 4.78 is 1.80. The maximum absolute atomic E-state index is 8.21. The van der Waals surface area contributed by atoms with E-state index in [1.807, 2.05) is 12.3 Å². The van der Waals surface area contributed by atoms with Gasteiger partial charge in [0.05, 0.1) is 46.7 Å². The van der Waals surface area contributed by atoms with Crippen molar-refractivity contribution in [1.82, 2.24) is 54.9 Å². The average Bonchev–Trinajstić information content (AvgIpc) is 3.93. The van der Waals surface area contributed by atoms with Gasteiger partial charge in [-0.05, 0) is 92.6 Å². The van der Waals surface area contributed by atoms with Gasteiger partial charge in [-0.25, -0.2) is 24.6 Å². The van der Waals surface area contributed by atoms with Gasteiger partial charge in [0.25, 0.3) is 0 Å². The molecular formula is C36H49ClN16. The van der Waals surface area contributed by atoms with Gasteiger partial charge >= 0.3 is 0 Å². The van der Waals surface area contributed by atoms with E-state index in [9.17, 15) is 0 Å². The van der Waals surface area contributed by atoms with Gasteiger partial charge in [-0.2, -0.15) is 0 Å². The molecule has 16 nitrogen and oxygen atoms in total. The molecule has 5 aromatic heterocycles. The molecule has 0 aliphatic carbocycles. The number of H-pyrrole nitrogens is 4. The number of azide groups is 1. The monoisotopic (exact) mass is 740 g/mol. The number of aromatic amines is 4. The van der Waals surface area contributed by atoms with Crippen LogP contribution in [0.2, 0.25) is 0 Å². The van der Waals surface area contributed by atoms with Crippen LogP contribution in [0.15, 0.2) is 48.0 Å². The van der Waals surface area contributed by atoms with Crippen LogP contribution in [0.25, 0.3) is 32.5 Å². The van der Waals surface area contributed by atoms with Crippen LogP contribution in [0.4, 0.5) is 11.9 Å². The van der Waals surface area contributed by atoms with E-state index >= 15 is 0 Å². The first-order chi connectivity index (χ1) is 24.1. The van der Waals surface area contributed by atoms with Crippen molar-refractivity contribution in [3.05, 3.63) is 104 Å². The van der Waals surface area contributed by atoms with Crippen molar-refractivity contribution in [2.75, 3.05) is 11.5 Å². The van der Waals surface area contributed by atoms with Gasteiger partial charge in [-0.15, -0.1) is 29.8 Å². The summed E-state index contributed by atoms with van der Waals surface area (Å²) in [6.07, 6.45) is 13.6. The number of halogens is 1. The molecule has 7 aromatic rings. The molecule has 5 heterocycles. The highest BCUT2D eigenvalue weighted by atomic mass is 35.5. The van der Waals surface area contributed by atoms with Crippen LogP contribution in [0.1, 0.15) is 72.3 Å². The number of imidazole rings is 4. The molecule has 0 saturated carbocycles. The number of benzene rings is 2. The van der Waals surface area contributed by atoms with Gasteiger partial charge in [-0.3, -0.25) is 0 Å². The summed E-state index contributed by atoms with van der Waals surface area (Å²) in [5.74, 6) is 5.00. The van der Waals surface area contributed by atoms with Crippen molar-refractivity contribution >= 4 is 46.4 Å². The number of hydrogen-bond donors (Lipinski definition) is 6. The minimum atomic E-state index is 0. The van der Waals surface area contributed by atoms with Gasteiger partial charge in [0, 0.05) is 35.3 Å². The zero-order valence-electron chi connectivity index (χ0n) is 28.9. The highest BCUT2D eigenvalue weighted by Crippen LogP contribution is 2.19. The molecule has 0 bridgehead atoms. The van der Waals surface area contributed by atoms with E-state index in [0.717, 1.165) is 70.7 Å². The molecule has 0 amide bonds. The molecule has 0 spiro atoms. The third-order valence-corrected chi connectivity index (χ3v) is 7.96. The lowest BCUT2D eigenvalue weighted by Gasteiger charge is -1.97. The molecule has 0 unspecified atom stereocenters. The predicted molar refractivity (Wildman–Crippen MR) is 214 cm³/mol. The molecular weight excluding hydrogens is 692 g/mol. The summed E-state index contributed by atoms with van der Waals surface area (Å²) in [5, 5.41) is 11.9. The molecule has 0 aliphatic heterocycles. The Morgan fingerprint density at radius 3 is 1.85 bits per heavy atom. The molecule has 17 heteroatoms. The fourth-order valence-electron chi connectivity index (χ4n) is 5.05. The second kappa shape index (κ2) is 19.9. The Balaban J connectivity index is 0.000000298. The van der Waals surface area contributed by atoms with E-state index in [2.05, 4.69) is 112 Å². The molecule has 0 saturated heterocycles. The van der Waals surface area contributed by atoms with Crippen molar-refractivity contribution in [3.63, 3.8) is 0 Å². The van der Waals surface area contributed by atoms with Gasteiger partial charge in [0.1, 0.15) is 18.2 Å². The molecule has 2 aromatic carbocycles. The number of anilines is 2. The average molecular weight is 741 g/mol.